The van der Waals surface area contributed by atoms with Gasteiger partial charge in [-0.25, -0.2) is 13.9 Å². The molecule has 6 N–H and O–H groups in total. The van der Waals surface area contributed by atoms with Crippen LogP contribution in [-0.2, 0) is 51.1 Å². The zero-order valence-electron chi connectivity index (χ0n) is 40.6. The number of esters is 2. The second-order valence-corrected chi connectivity index (χ2v) is 20.1. The smallest absolute Gasteiger partial charge is 0.462 e. The number of aliphatic hydroxyl groups is 2. The Bertz CT molecular complexity index is 1910. The number of nitrogens with zero attached hydrogens (tertiary/aromatic N) is 2. The summed E-state index contributed by atoms with van der Waals surface area (Å²) in [6.45, 7) is 1.94. The molecule has 2 unspecified atom stereocenters. The molecule has 1 fully saturated rings. The van der Waals surface area contributed by atoms with Gasteiger partial charge in [0.1, 0.15) is 30.7 Å². The number of nitrogen functional groups attached to an aromatic ring is 1. The number of aliphatic hydroxyl groups excluding tert-OH is 2. The Labute approximate surface area is 407 Å². The zero-order chi connectivity index (χ0) is 50.8. The van der Waals surface area contributed by atoms with Gasteiger partial charge in [-0.05, 0) is 69.9 Å². The van der Waals surface area contributed by atoms with E-state index in [1.54, 1.807) is 12.2 Å². The summed E-state index contributed by atoms with van der Waals surface area (Å²) in [5.41, 5.74) is 4.57. The molecule has 19 nitrogen and oxygen atoms in total. The summed E-state index contributed by atoms with van der Waals surface area (Å²) in [6.07, 6.45) is 28.7. The quantitative estimate of drug-likeness (QED) is 0.0135. The number of anilines is 1. The number of allylic oxidation sites excluding steroid dienone is 8. The Kier molecular flexibility index (Phi) is 32.4. The molecule has 392 valence electrons. The zero-order valence-corrected chi connectivity index (χ0v) is 42.4. The number of unbranched alkanes of at least 4 members (excludes halogenated alkanes) is 16. The number of ketones is 1. The molecule has 1 aliphatic heterocycles. The van der Waals surface area contributed by atoms with Gasteiger partial charge < -0.3 is 39.9 Å². The summed E-state index contributed by atoms with van der Waals surface area (Å²) in [4.78, 5) is 73.9. The van der Waals surface area contributed by atoms with E-state index in [0.29, 0.717) is 25.7 Å². The fourth-order valence-electron chi connectivity index (χ4n) is 6.99. The van der Waals surface area contributed by atoms with Crippen molar-refractivity contribution < 1.29 is 71.1 Å². The van der Waals surface area contributed by atoms with E-state index in [-0.39, 0.29) is 24.4 Å². The number of carbonyl (C=O) groups excluding carboxylic acids is 3. The lowest BCUT2D eigenvalue weighted by Crippen LogP contribution is -2.36. The first-order valence-electron chi connectivity index (χ1n) is 24.6. The average molecular weight is 1020 g/mol. The van der Waals surface area contributed by atoms with Crippen molar-refractivity contribution in [1.29, 1.82) is 0 Å². The number of nitrogens with two attached hydrogens (primary N) is 1. The van der Waals surface area contributed by atoms with Gasteiger partial charge in [0.05, 0.1) is 13.2 Å². The van der Waals surface area contributed by atoms with E-state index in [0.717, 1.165) is 87.8 Å². The summed E-state index contributed by atoms with van der Waals surface area (Å²) >= 11 is 0. The highest BCUT2D eigenvalue weighted by Gasteiger charge is 2.46. The summed E-state index contributed by atoms with van der Waals surface area (Å²) < 4.78 is 56.6. The molecule has 1 aliphatic rings. The van der Waals surface area contributed by atoms with Crippen LogP contribution in [0.4, 0.5) is 5.82 Å². The summed E-state index contributed by atoms with van der Waals surface area (Å²) in [5, 5.41) is 20.9. The molecule has 2 rings (SSSR count). The first kappa shape index (κ1) is 61.5. The maximum Gasteiger partial charge on any atom is 0.481 e. The minimum atomic E-state index is -5.45. The lowest BCUT2D eigenvalue weighted by Gasteiger charge is -2.21. The predicted octanol–water partition coefficient (Wildman–Crippen LogP) is 8.96. The summed E-state index contributed by atoms with van der Waals surface area (Å²) in [7, 11) is -10.9. The van der Waals surface area contributed by atoms with Gasteiger partial charge in [0.25, 0.3) is 0 Å². The van der Waals surface area contributed by atoms with Crippen LogP contribution in [-0.4, -0.2) is 91.5 Å². The van der Waals surface area contributed by atoms with E-state index < -0.39 is 83.7 Å². The third-order valence-electron chi connectivity index (χ3n) is 10.9. The second-order valence-electron chi connectivity index (χ2n) is 17.0. The fraction of sp³-hybridized carbons (Fsp3) is 0.688. The van der Waals surface area contributed by atoms with Crippen LogP contribution in [0.3, 0.4) is 0 Å². The number of hydrogen-bond donors (Lipinski definition) is 5. The lowest BCUT2D eigenvalue weighted by molar-refractivity contribution is -0.161. The number of rotatable bonds is 40. The van der Waals surface area contributed by atoms with Crippen LogP contribution in [0.25, 0.3) is 0 Å². The van der Waals surface area contributed by atoms with Gasteiger partial charge in [-0.3, -0.25) is 28.0 Å². The van der Waals surface area contributed by atoms with Crippen LogP contribution in [0.2, 0.25) is 0 Å². The minimum Gasteiger partial charge on any atom is -0.462 e. The Morgan fingerprint density at radius 3 is 1.87 bits per heavy atom. The number of aromatic nitrogens is 2. The largest absolute Gasteiger partial charge is 0.481 e. The van der Waals surface area contributed by atoms with Gasteiger partial charge in [0.15, 0.2) is 18.1 Å². The number of carbonyl (C=O) groups is 3. The summed E-state index contributed by atoms with van der Waals surface area (Å²) in [6, 6.07) is 1.24. The van der Waals surface area contributed by atoms with Crippen LogP contribution in [0.15, 0.2) is 65.7 Å². The van der Waals surface area contributed by atoms with Gasteiger partial charge in [-0.15, -0.1) is 0 Å². The first-order chi connectivity index (χ1) is 33.1. The Morgan fingerprint density at radius 2 is 1.25 bits per heavy atom. The third kappa shape index (κ3) is 29.4. The first-order valence-corrected chi connectivity index (χ1v) is 27.6. The molecule has 21 heteroatoms. The van der Waals surface area contributed by atoms with Crippen LogP contribution in [0.1, 0.15) is 168 Å². The average Bonchev–Trinajstić information content (AvgIpc) is 3.58. The predicted molar refractivity (Wildman–Crippen MR) is 261 cm³/mol. The van der Waals surface area contributed by atoms with E-state index in [4.69, 9.17) is 29.0 Å². The van der Waals surface area contributed by atoms with Gasteiger partial charge in [0.2, 0.25) is 0 Å². The van der Waals surface area contributed by atoms with Crippen molar-refractivity contribution in [1.82, 2.24) is 9.55 Å². The molecule has 7 atom stereocenters. The molecule has 0 bridgehead atoms. The van der Waals surface area contributed by atoms with Gasteiger partial charge in [0, 0.05) is 25.5 Å². The Balaban J connectivity index is 1.84. The van der Waals surface area contributed by atoms with Gasteiger partial charge in [-0.2, -0.15) is 9.29 Å². The van der Waals surface area contributed by atoms with E-state index >= 15 is 0 Å². The van der Waals surface area contributed by atoms with Crippen molar-refractivity contribution in [3.8, 4) is 0 Å². The van der Waals surface area contributed by atoms with Crippen molar-refractivity contribution in [2.24, 2.45) is 0 Å². The van der Waals surface area contributed by atoms with Crippen molar-refractivity contribution in [3.05, 3.63) is 71.4 Å². The fourth-order valence-corrected chi connectivity index (χ4v) is 9.10. The monoisotopic (exact) mass is 1020 g/mol. The van der Waals surface area contributed by atoms with E-state index in [1.807, 2.05) is 6.08 Å². The van der Waals surface area contributed by atoms with Crippen molar-refractivity contribution in [2.75, 3.05) is 25.6 Å². The normalized spacial score (nSPS) is 19.7. The standard InChI is InChI=1S/C48H79N3O16P2/c1-3-5-7-9-11-12-13-14-15-16-17-18-20-24-29-33-44(54)65-40(36-62-43(53)32-28-25-21-23-27-31-39(52)30-26-22-19-10-8-6-4-2)37-63-68(58,59)67-69(60,61)64-38-41-45(55)46(56)47(66-41)51-35-34-42(49)50-48(51)57/h12-15,19,22,26,30,34-35,40-41,45-47,55-56H,3-11,16-18,20-21,23-25,27-29,31-33,36-38H2,1-2H3,(H,58,59)(H,60,61)(H2,49,50,57)/b13-12-,15-14-,22-19-,30-26+/t40-,41-,45-,46-,47-/m1/s1. The molecule has 1 aromatic heterocycles. The molecule has 69 heavy (non-hydrogen) atoms. The molecular weight excluding hydrogens is 936 g/mol. The second kappa shape index (κ2) is 36.3. The van der Waals surface area contributed by atoms with E-state index in [9.17, 15) is 48.3 Å². The van der Waals surface area contributed by atoms with Crippen LogP contribution < -0.4 is 11.4 Å². The topological polar surface area (TPSA) is 283 Å². The highest BCUT2D eigenvalue weighted by atomic mass is 31.3. The van der Waals surface area contributed by atoms with Crippen molar-refractivity contribution >= 4 is 39.2 Å². The number of phosphoric ester groups is 2. The minimum absolute atomic E-state index is 0.00649. The number of ether oxygens (including phenoxy) is 3. The van der Waals surface area contributed by atoms with E-state index in [2.05, 4.69) is 53.5 Å². The number of phosphoric acid groups is 2. The molecule has 1 aromatic rings. The molecular formula is C48H79N3O16P2. The maximum absolute atomic E-state index is 12.8. The molecule has 2 heterocycles. The maximum atomic E-state index is 12.8. The third-order valence-corrected chi connectivity index (χ3v) is 13.5. The lowest BCUT2D eigenvalue weighted by atomic mass is 10.1. The van der Waals surface area contributed by atoms with Gasteiger partial charge in [-0.1, -0.05) is 127 Å². The van der Waals surface area contributed by atoms with Crippen LogP contribution in [0, 0.1) is 0 Å². The van der Waals surface area contributed by atoms with Crippen molar-refractivity contribution in [3.63, 3.8) is 0 Å². The highest BCUT2D eigenvalue weighted by molar-refractivity contribution is 7.61. The molecule has 0 radical (unpaired) electrons. The van der Waals surface area contributed by atoms with Crippen LogP contribution in [0.5, 0.6) is 0 Å². The van der Waals surface area contributed by atoms with Gasteiger partial charge >= 0.3 is 33.3 Å². The Hall–Kier alpha value is -3.61. The van der Waals surface area contributed by atoms with E-state index in [1.165, 1.54) is 38.2 Å². The molecule has 0 aliphatic carbocycles. The number of hydrogen-bond acceptors (Lipinski definition) is 16. The molecule has 0 spiro atoms. The summed E-state index contributed by atoms with van der Waals surface area (Å²) in [5.74, 6) is -1.36. The molecule has 0 amide bonds. The SMILES string of the molecule is CCCCC/C=C\C=C\C(=O)CCCCCCCC(=O)OC[C@H](COP(=O)(O)OP(=O)(O)OC[C@H]1O[C@@H](n2ccc(N)nc2=O)[C@H](O)[C@@H]1O)OC(=O)CCCCCCC/C=C\C=C/CCCCCC. The molecule has 1 saturated heterocycles. The van der Waals surface area contributed by atoms with Crippen molar-refractivity contribution in [2.45, 2.75) is 192 Å². The Morgan fingerprint density at radius 1 is 0.725 bits per heavy atom. The van der Waals surface area contributed by atoms with Crippen LogP contribution >= 0.6 is 15.6 Å². The molecule has 0 aromatic carbocycles. The molecule has 0 saturated carbocycles. The highest BCUT2D eigenvalue weighted by Crippen LogP contribution is 2.60.